The summed E-state index contributed by atoms with van der Waals surface area (Å²) >= 11 is 0. The molecule has 2 heterocycles. The second-order valence-electron chi connectivity index (χ2n) is 6.08. The van der Waals surface area contributed by atoms with E-state index in [1.807, 2.05) is 29.4 Å². The van der Waals surface area contributed by atoms with E-state index in [-0.39, 0.29) is 5.69 Å². The Kier molecular flexibility index (Phi) is 5.17. The number of halogens is 3. The first-order valence-electron chi connectivity index (χ1n) is 8.14. The predicted octanol–water partition coefficient (Wildman–Crippen LogP) is 2.40. The van der Waals surface area contributed by atoms with Crippen LogP contribution in [0.4, 0.5) is 13.2 Å². The minimum absolute atomic E-state index is 0.210. The van der Waals surface area contributed by atoms with Gasteiger partial charge in [0.25, 0.3) is 5.91 Å². The van der Waals surface area contributed by atoms with Gasteiger partial charge in [0, 0.05) is 38.8 Å². The number of rotatable bonds is 4. The summed E-state index contributed by atoms with van der Waals surface area (Å²) in [6, 6.07) is 8.51. The van der Waals surface area contributed by atoms with E-state index < -0.39 is 17.8 Å². The number of alkyl halides is 3. The van der Waals surface area contributed by atoms with Crippen molar-refractivity contribution in [3.05, 3.63) is 47.3 Å². The number of piperazine rings is 1. The maximum Gasteiger partial charge on any atom is 0.432 e. The Morgan fingerprint density at radius 1 is 1.23 bits per heavy atom. The third-order valence-corrected chi connectivity index (χ3v) is 4.30. The number of hydrogen-bond acceptors (Lipinski definition) is 4. The highest BCUT2D eigenvalue weighted by Gasteiger charge is 2.34. The van der Waals surface area contributed by atoms with Crippen molar-refractivity contribution in [2.75, 3.05) is 33.3 Å². The van der Waals surface area contributed by atoms with Gasteiger partial charge >= 0.3 is 6.18 Å². The largest absolute Gasteiger partial charge is 0.497 e. The Labute approximate surface area is 148 Å². The molecule has 26 heavy (non-hydrogen) atoms. The molecule has 1 fully saturated rings. The van der Waals surface area contributed by atoms with Crippen molar-refractivity contribution in [2.24, 2.45) is 0 Å². The van der Waals surface area contributed by atoms with E-state index in [0.717, 1.165) is 23.9 Å². The molecular weight excluding hydrogens is 349 g/mol. The Hall–Kier alpha value is -2.55. The van der Waals surface area contributed by atoms with Gasteiger partial charge in [0.05, 0.1) is 7.11 Å². The van der Waals surface area contributed by atoms with Crippen molar-refractivity contribution in [2.45, 2.75) is 12.7 Å². The lowest BCUT2D eigenvalue weighted by atomic mass is 10.2. The number of benzene rings is 1. The first kappa shape index (κ1) is 18.2. The number of aromatic nitrogens is 2. The molecule has 0 bridgehead atoms. The minimum Gasteiger partial charge on any atom is -0.497 e. The molecule has 1 N–H and O–H groups in total. The first-order valence-corrected chi connectivity index (χ1v) is 8.14. The minimum atomic E-state index is -4.54. The molecule has 0 spiro atoms. The van der Waals surface area contributed by atoms with Crippen LogP contribution in [-0.2, 0) is 12.7 Å². The van der Waals surface area contributed by atoms with Gasteiger partial charge in [-0.25, -0.2) is 0 Å². The van der Waals surface area contributed by atoms with Crippen LogP contribution in [0.5, 0.6) is 5.75 Å². The van der Waals surface area contributed by atoms with Gasteiger partial charge in [0.1, 0.15) is 11.4 Å². The lowest BCUT2D eigenvalue weighted by Crippen LogP contribution is -2.48. The van der Waals surface area contributed by atoms with E-state index in [2.05, 4.69) is 10.00 Å². The van der Waals surface area contributed by atoms with E-state index in [0.29, 0.717) is 26.2 Å². The fraction of sp³-hybridized carbons (Fsp3) is 0.412. The molecule has 2 aromatic rings. The molecule has 0 radical (unpaired) electrons. The van der Waals surface area contributed by atoms with Crippen molar-refractivity contribution in [1.29, 1.82) is 0 Å². The predicted molar refractivity (Wildman–Crippen MR) is 87.8 cm³/mol. The summed E-state index contributed by atoms with van der Waals surface area (Å²) in [6.45, 7) is 2.88. The van der Waals surface area contributed by atoms with Crippen LogP contribution in [0.3, 0.4) is 0 Å². The number of nitrogens with zero attached hydrogens (tertiary/aromatic N) is 3. The molecule has 0 unspecified atom stereocenters. The monoisotopic (exact) mass is 368 g/mol. The van der Waals surface area contributed by atoms with Gasteiger partial charge in [-0.05, 0) is 17.7 Å². The van der Waals surface area contributed by atoms with Crippen molar-refractivity contribution in [3.8, 4) is 5.75 Å². The number of hydrogen-bond donors (Lipinski definition) is 1. The number of carbonyl (C=O) groups is 1. The first-order chi connectivity index (χ1) is 12.4. The highest BCUT2D eigenvalue weighted by atomic mass is 19.4. The van der Waals surface area contributed by atoms with Crippen molar-refractivity contribution in [3.63, 3.8) is 0 Å². The summed E-state index contributed by atoms with van der Waals surface area (Å²) in [5.74, 6) is 0.299. The number of ether oxygens (including phenoxy) is 1. The maximum atomic E-state index is 12.6. The third-order valence-electron chi connectivity index (χ3n) is 4.30. The van der Waals surface area contributed by atoms with E-state index in [1.165, 1.54) is 4.90 Å². The molecule has 6 nitrogen and oxygen atoms in total. The zero-order valence-electron chi connectivity index (χ0n) is 14.2. The van der Waals surface area contributed by atoms with Crippen molar-refractivity contribution >= 4 is 5.91 Å². The van der Waals surface area contributed by atoms with Crippen LogP contribution in [0.1, 0.15) is 21.7 Å². The lowest BCUT2D eigenvalue weighted by Gasteiger charge is -2.34. The van der Waals surface area contributed by atoms with Gasteiger partial charge in [-0.2, -0.15) is 18.3 Å². The van der Waals surface area contributed by atoms with E-state index in [4.69, 9.17) is 4.74 Å². The van der Waals surface area contributed by atoms with Gasteiger partial charge in [-0.1, -0.05) is 12.1 Å². The van der Waals surface area contributed by atoms with Crippen LogP contribution in [0.2, 0.25) is 0 Å². The molecule has 9 heteroatoms. The molecule has 1 aromatic heterocycles. The van der Waals surface area contributed by atoms with Gasteiger partial charge in [-0.15, -0.1) is 0 Å². The molecule has 1 aliphatic rings. The highest BCUT2D eigenvalue weighted by Crippen LogP contribution is 2.28. The standard InChI is InChI=1S/C17H19F3N4O2/c1-26-13-4-2-3-12(9-13)11-23-5-7-24(8-6-23)16(25)14-10-15(22-21-14)17(18,19)20/h2-4,9-10H,5-8,11H2,1H3,(H,21,22). The molecular formula is C17H19F3N4O2. The molecule has 1 amide bonds. The van der Waals surface area contributed by atoms with Crippen LogP contribution >= 0.6 is 0 Å². The maximum absolute atomic E-state index is 12.6. The van der Waals surface area contributed by atoms with Crippen LogP contribution in [0, 0.1) is 0 Å². The molecule has 0 atom stereocenters. The SMILES string of the molecule is COc1cccc(CN2CCN(C(=O)c3cc(C(F)(F)F)[nH]n3)CC2)c1. The van der Waals surface area contributed by atoms with Gasteiger partial charge in [0.15, 0.2) is 5.69 Å². The van der Waals surface area contributed by atoms with Gasteiger partial charge < -0.3 is 9.64 Å². The van der Waals surface area contributed by atoms with Crippen LogP contribution in [0.25, 0.3) is 0 Å². The molecule has 0 aliphatic carbocycles. The summed E-state index contributed by atoms with van der Waals surface area (Å²) < 4.78 is 43.0. The summed E-state index contributed by atoms with van der Waals surface area (Å²) in [7, 11) is 1.61. The number of carbonyl (C=O) groups excluding carboxylic acids is 1. The molecule has 1 aromatic carbocycles. The molecule has 1 aliphatic heterocycles. The zero-order chi connectivity index (χ0) is 18.7. The van der Waals surface area contributed by atoms with Gasteiger partial charge in [-0.3, -0.25) is 14.8 Å². The number of nitrogens with one attached hydrogen (secondary N) is 1. The Morgan fingerprint density at radius 2 is 1.96 bits per heavy atom. The van der Waals surface area contributed by atoms with Crippen LogP contribution < -0.4 is 4.74 Å². The fourth-order valence-electron chi connectivity index (χ4n) is 2.88. The van der Waals surface area contributed by atoms with Gasteiger partial charge in [0.2, 0.25) is 0 Å². The summed E-state index contributed by atoms with van der Waals surface area (Å²) in [5, 5.41) is 5.37. The topological polar surface area (TPSA) is 61.5 Å². The lowest BCUT2D eigenvalue weighted by molar-refractivity contribution is -0.141. The molecule has 140 valence electrons. The Balaban J connectivity index is 1.56. The van der Waals surface area contributed by atoms with E-state index >= 15 is 0 Å². The average Bonchev–Trinajstić information content (AvgIpc) is 3.12. The van der Waals surface area contributed by atoms with Crippen LogP contribution in [-0.4, -0.2) is 59.2 Å². The van der Waals surface area contributed by atoms with Crippen LogP contribution in [0.15, 0.2) is 30.3 Å². The van der Waals surface area contributed by atoms with Crippen molar-refractivity contribution < 1.29 is 22.7 Å². The smallest absolute Gasteiger partial charge is 0.432 e. The second-order valence-corrected chi connectivity index (χ2v) is 6.08. The number of amides is 1. The normalized spacial score (nSPS) is 15.9. The highest BCUT2D eigenvalue weighted by molar-refractivity contribution is 5.92. The molecule has 3 rings (SSSR count). The van der Waals surface area contributed by atoms with E-state index in [1.54, 1.807) is 7.11 Å². The number of aromatic amines is 1. The van der Waals surface area contributed by atoms with E-state index in [9.17, 15) is 18.0 Å². The quantitative estimate of drug-likeness (QED) is 0.900. The summed E-state index contributed by atoms with van der Waals surface area (Å²) in [5.41, 5.74) is -0.123. The van der Waals surface area contributed by atoms with Crippen molar-refractivity contribution in [1.82, 2.24) is 20.0 Å². The summed E-state index contributed by atoms with van der Waals surface area (Å²) in [4.78, 5) is 16.0. The average molecular weight is 368 g/mol. The fourth-order valence-corrected chi connectivity index (χ4v) is 2.88. The molecule has 0 saturated carbocycles. The Morgan fingerprint density at radius 3 is 2.58 bits per heavy atom. The number of H-pyrrole nitrogens is 1. The molecule has 1 saturated heterocycles. The second kappa shape index (κ2) is 7.36. The third kappa shape index (κ3) is 4.16. The number of methoxy groups -OCH3 is 1. The Bertz CT molecular complexity index is 767. The zero-order valence-corrected chi connectivity index (χ0v) is 14.2. The summed E-state index contributed by atoms with van der Waals surface area (Å²) in [6.07, 6.45) is -4.54.